The van der Waals surface area contributed by atoms with Gasteiger partial charge in [-0.05, 0) is 25.0 Å². The first-order valence-corrected chi connectivity index (χ1v) is 6.49. The third-order valence-electron chi connectivity index (χ3n) is 3.14. The molecule has 1 N–H and O–H groups in total. The van der Waals surface area contributed by atoms with E-state index in [0.717, 1.165) is 30.8 Å². The third-order valence-corrected chi connectivity index (χ3v) is 3.14. The van der Waals surface area contributed by atoms with Gasteiger partial charge in [0.2, 0.25) is 0 Å². The van der Waals surface area contributed by atoms with E-state index >= 15 is 0 Å². The zero-order valence-electron chi connectivity index (χ0n) is 11.3. The van der Waals surface area contributed by atoms with Crippen molar-refractivity contribution in [1.82, 2.24) is 4.90 Å². The summed E-state index contributed by atoms with van der Waals surface area (Å²) in [7, 11) is 0. The van der Waals surface area contributed by atoms with Crippen molar-refractivity contribution in [2.24, 2.45) is 0 Å². The van der Waals surface area contributed by atoms with Crippen LogP contribution in [-0.4, -0.2) is 42.4 Å². The third kappa shape index (κ3) is 5.23. The summed E-state index contributed by atoms with van der Waals surface area (Å²) in [5.41, 5.74) is 1.10. The molecule has 0 bridgehead atoms. The van der Waals surface area contributed by atoms with Gasteiger partial charge < -0.3 is 9.84 Å². The molecule has 1 aliphatic rings. The zero-order valence-corrected chi connectivity index (χ0v) is 12.1. The van der Waals surface area contributed by atoms with Crippen LogP contribution in [0.2, 0.25) is 0 Å². The van der Waals surface area contributed by atoms with Crippen molar-refractivity contribution in [2.75, 3.05) is 26.2 Å². The van der Waals surface area contributed by atoms with Gasteiger partial charge in [0.15, 0.2) is 0 Å². The van der Waals surface area contributed by atoms with Crippen LogP contribution in [0.3, 0.4) is 0 Å². The van der Waals surface area contributed by atoms with E-state index in [1.165, 1.54) is 0 Å². The summed E-state index contributed by atoms with van der Waals surface area (Å²) in [5, 5.41) is 9.96. The fourth-order valence-electron chi connectivity index (χ4n) is 2.11. The Kier molecular flexibility index (Phi) is 6.92. The summed E-state index contributed by atoms with van der Waals surface area (Å²) in [5.74, 6) is 0.857. The first-order chi connectivity index (χ1) is 8.75. The first-order valence-electron chi connectivity index (χ1n) is 6.49. The van der Waals surface area contributed by atoms with Gasteiger partial charge in [0.05, 0.1) is 0 Å². The number of rotatable bonds is 5. The Balaban J connectivity index is 0.00000180. The van der Waals surface area contributed by atoms with E-state index in [9.17, 15) is 5.11 Å². The number of β-amino-alcohol motifs (C(OH)–C–C–N with tert-alkyl or cyclic N) is 1. The van der Waals surface area contributed by atoms with Crippen molar-refractivity contribution in [3.8, 4) is 5.75 Å². The smallest absolute Gasteiger partial charge is 0.122 e. The van der Waals surface area contributed by atoms with Gasteiger partial charge in [-0.1, -0.05) is 30.4 Å². The summed E-state index contributed by atoms with van der Waals surface area (Å²) in [6, 6.07) is 7.88. The van der Waals surface area contributed by atoms with Crippen LogP contribution in [0, 0.1) is 6.92 Å². The molecule has 0 fully saturated rings. The molecule has 1 atom stereocenters. The Morgan fingerprint density at radius 1 is 1.32 bits per heavy atom. The summed E-state index contributed by atoms with van der Waals surface area (Å²) < 4.78 is 5.65. The van der Waals surface area contributed by atoms with E-state index in [2.05, 4.69) is 17.1 Å². The number of ether oxygens (including phenoxy) is 1. The highest BCUT2D eigenvalue weighted by atomic mass is 35.5. The van der Waals surface area contributed by atoms with Crippen molar-refractivity contribution < 1.29 is 9.84 Å². The van der Waals surface area contributed by atoms with Crippen LogP contribution in [0.1, 0.15) is 12.0 Å². The lowest BCUT2D eigenvalue weighted by molar-refractivity contribution is 0.0711. The van der Waals surface area contributed by atoms with E-state index in [1.807, 2.05) is 31.2 Å². The van der Waals surface area contributed by atoms with Crippen LogP contribution >= 0.6 is 12.4 Å². The van der Waals surface area contributed by atoms with Crippen molar-refractivity contribution >= 4 is 12.4 Å². The van der Waals surface area contributed by atoms with Crippen molar-refractivity contribution in [3.63, 3.8) is 0 Å². The average Bonchev–Trinajstić information content (AvgIpc) is 2.39. The highest BCUT2D eigenvalue weighted by Gasteiger charge is 2.13. The fourth-order valence-corrected chi connectivity index (χ4v) is 2.11. The van der Waals surface area contributed by atoms with Gasteiger partial charge >= 0.3 is 0 Å². The molecule has 0 aliphatic carbocycles. The lowest BCUT2D eigenvalue weighted by Crippen LogP contribution is -2.37. The number of aliphatic hydroxyl groups excluding tert-OH is 1. The maximum Gasteiger partial charge on any atom is 0.122 e. The summed E-state index contributed by atoms with van der Waals surface area (Å²) in [4.78, 5) is 2.24. The van der Waals surface area contributed by atoms with E-state index < -0.39 is 6.10 Å². The Hall–Kier alpha value is -1.03. The van der Waals surface area contributed by atoms with Crippen LogP contribution in [0.15, 0.2) is 36.4 Å². The molecule has 0 spiro atoms. The van der Waals surface area contributed by atoms with Gasteiger partial charge in [0.25, 0.3) is 0 Å². The molecule has 0 amide bonds. The van der Waals surface area contributed by atoms with Crippen molar-refractivity contribution in [2.45, 2.75) is 19.4 Å². The minimum Gasteiger partial charge on any atom is -0.491 e. The Labute approximate surface area is 121 Å². The molecular formula is C15H22ClNO2. The lowest BCUT2D eigenvalue weighted by Gasteiger charge is -2.25. The SMILES string of the molecule is Cc1ccccc1OCC(O)CN1CC=CCC1.Cl. The van der Waals surface area contributed by atoms with Gasteiger partial charge in [-0.15, -0.1) is 12.4 Å². The normalized spacial score (nSPS) is 16.7. The molecule has 2 rings (SSSR count). The number of aliphatic hydroxyl groups is 1. The van der Waals surface area contributed by atoms with Gasteiger partial charge in [0.1, 0.15) is 18.5 Å². The maximum absolute atomic E-state index is 9.96. The first kappa shape index (κ1) is 16.0. The second-order valence-electron chi connectivity index (χ2n) is 4.75. The predicted octanol–water partition coefficient (Wildman–Crippen LogP) is 2.42. The fraction of sp³-hybridized carbons (Fsp3) is 0.467. The second kappa shape index (κ2) is 8.20. The lowest BCUT2D eigenvalue weighted by atomic mass is 10.2. The largest absolute Gasteiger partial charge is 0.491 e. The number of hydrogen-bond donors (Lipinski definition) is 1. The topological polar surface area (TPSA) is 32.7 Å². The number of hydrogen-bond acceptors (Lipinski definition) is 3. The molecule has 1 aliphatic heterocycles. The summed E-state index contributed by atoms with van der Waals surface area (Å²) >= 11 is 0. The standard InChI is InChI=1S/C15H21NO2.ClH/c1-13-7-3-4-8-15(13)18-12-14(17)11-16-9-5-2-6-10-16;/h2-5,7-8,14,17H,6,9-12H2,1H3;1H. The molecule has 1 aromatic carbocycles. The Morgan fingerprint density at radius 3 is 2.79 bits per heavy atom. The molecule has 0 radical (unpaired) electrons. The molecule has 19 heavy (non-hydrogen) atoms. The second-order valence-corrected chi connectivity index (χ2v) is 4.75. The number of nitrogens with zero attached hydrogens (tertiary/aromatic N) is 1. The van der Waals surface area contributed by atoms with Crippen molar-refractivity contribution in [1.29, 1.82) is 0 Å². The van der Waals surface area contributed by atoms with Crippen LogP contribution in [-0.2, 0) is 0 Å². The molecule has 0 aromatic heterocycles. The summed E-state index contributed by atoms with van der Waals surface area (Å²) in [6.45, 7) is 5.00. The molecule has 0 saturated heterocycles. The minimum atomic E-state index is -0.434. The Bertz CT molecular complexity index is 409. The molecule has 4 heteroatoms. The van der Waals surface area contributed by atoms with Crippen molar-refractivity contribution in [3.05, 3.63) is 42.0 Å². The summed E-state index contributed by atoms with van der Waals surface area (Å²) in [6.07, 6.45) is 4.98. The minimum absolute atomic E-state index is 0. The predicted molar refractivity (Wildman–Crippen MR) is 80.1 cm³/mol. The monoisotopic (exact) mass is 283 g/mol. The molecule has 0 saturated carbocycles. The number of benzene rings is 1. The van der Waals surface area contributed by atoms with E-state index in [1.54, 1.807) is 0 Å². The number of para-hydroxylation sites is 1. The number of halogens is 1. The van der Waals surface area contributed by atoms with Gasteiger partial charge in [-0.3, -0.25) is 4.90 Å². The zero-order chi connectivity index (χ0) is 12.8. The molecular weight excluding hydrogens is 262 g/mol. The quantitative estimate of drug-likeness (QED) is 0.843. The highest BCUT2D eigenvalue weighted by Crippen LogP contribution is 2.16. The van der Waals surface area contributed by atoms with Gasteiger partial charge in [0, 0.05) is 19.6 Å². The van der Waals surface area contributed by atoms with E-state index in [-0.39, 0.29) is 12.4 Å². The molecule has 1 unspecified atom stereocenters. The highest BCUT2D eigenvalue weighted by molar-refractivity contribution is 5.85. The van der Waals surface area contributed by atoms with Crippen LogP contribution in [0.25, 0.3) is 0 Å². The number of aryl methyl sites for hydroxylation is 1. The van der Waals surface area contributed by atoms with Crippen LogP contribution in [0.4, 0.5) is 0 Å². The van der Waals surface area contributed by atoms with Gasteiger partial charge in [-0.25, -0.2) is 0 Å². The molecule has 3 nitrogen and oxygen atoms in total. The average molecular weight is 284 g/mol. The van der Waals surface area contributed by atoms with Crippen LogP contribution < -0.4 is 4.74 Å². The maximum atomic E-state index is 9.96. The molecule has 1 aromatic rings. The van der Waals surface area contributed by atoms with Gasteiger partial charge in [-0.2, -0.15) is 0 Å². The Morgan fingerprint density at radius 2 is 2.11 bits per heavy atom. The van der Waals surface area contributed by atoms with E-state index in [0.29, 0.717) is 13.2 Å². The van der Waals surface area contributed by atoms with E-state index in [4.69, 9.17) is 4.74 Å². The molecule has 106 valence electrons. The molecule has 1 heterocycles. The van der Waals surface area contributed by atoms with Crippen LogP contribution in [0.5, 0.6) is 5.75 Å².